The molecule has 0 aromatic heterocycles. The molecule has 0 saturated carbocycles. The van der Waals surface area contributed by atoms with Crippen LogP contribution in [0.5, 0.6) is 5.75 Å². The largest absolute Gasteiger partial charge is 0.495 e. The predicted octanol–water partition coefficient (Wildman–Crippen LogP) is 3.48. The number of carbonyl (C=O) groups is 1. The maximum Gasteiger partial charge on any atom is 0.255 e. The highest BCUT2D eigenvalue weighted by atomic mass is 32.2. The lowest BCUT2D eigenvalue weighted by atomic mass is 9.97. The number of benzene rings is 2. The highest BCUT2D eigenvalue weighted by Gasteiger charge is 2.30. The summed E-state index contributed by atoms with van der Waals surface area (Å²) in [6, 6.07) is 12.1. The molecule has 1 heterocycles. The zero-order valence-corrected chi connectivity index (χ0v) is 18.4. The number of carbonyl (C=O) groups excluding carboxylic acids is 1. The average Bonchev–Trinajstić information content (AvgIpc) is 2.79. The normalized spacial score (nSPS) is 16.1. The summed E-state index contributed by atoms with van der Waals surface area (Å²) in [7, 11) is -2.40. The molecule has 0 spiro atoms. The molecule has 30 heavy (non-hydrogen) atoms. The third kappa shape index (κ3) is 4.66. The Bertz CT molecular complexity index is 1000. The van der Waals surface area contributed by atoms with Crippen LogP contribution < -0.4 is 10.1 Å². The Labute approximate surface area is 178 Å². The van der Waals surface area contributed by atoms with E-state index in [1.807, 2.05) is 24.3 Å². The van der Waals surface area contributed by atoms with Gasteiger partial charge in [-0.1, -0.05) is 32.0 Å². The van der Waals surface area contributed by atoms with Gasteiger partial charge in [0.05, 0.1) is 20.3 Å². The van der Waals surface area contributed by atoms with Crippen molar-refractivity contribution in [2.45, 2.75) is 31.1 Å². The molecule has 8 heteroatoms. The van der Waals surface area contributed by atoms with Crippen LogP contribution in [0.2, 0.25) is 0 Å². The van der Waals surface area contributed by atoms with Crippen LogP contribution in [0.25, 0.3) is 0 Å². The lowest BCUT2D eigenvalue weighted by Crippen LogP contribution is -2.40. The topological polar surface area (TPSA) is 84.9 Å². The number of para-hydroxylation sites is 1. The molecule has 0 aliphatic carbocycles. The van der Waals surface area contributed by atoms with Gasteiger partial charge in [-0.2, -0.15) is 4.31 Å². The standard InChI is InChI=1S/C22H28N2O5S/c1-4-16(2)18-7-5-6-8-19(18)23-22(25)17-9-10-20(28-3)21(15-17)30(26,27)24-11-13-29-14-12-24/h5-10,15-16H,4,11-14H2,1-3H3,(H,23,25)/t16-/m0/s1. The first kappa shape index (κ1) is 22.3. The van der Waals surface area contributed by atoms with Gasteiger partial charge < -0.3 is 14.8 Å². The van der Waals surface area contributed by atoms with Crippen LogP contribution in [0.1, 0.15) is 42.1 Å². The van der Waals surface area contributed by atoms with Gasteiger partial charge in [-0.05, 0) is 42.2 Å². The van der Waals surface area contributed by atoms with Crippen molar-refractivity contribution in [3.05, 3.63) is 53.6 Å². The van der Waals surface area contributed by atoms with Crippen LogP contribution in [0.15, 0.2) is 47.4 Å². The van der Waals surface area contributed by atoms with Crippen LogP contribution in [0.4, 0.5) is 5.69 Å². The van der Waals surface area contributed by atoms with Crippen molar-refractivity contribution < 1.29 is 22.7 Å². The fourth-order valence-corrected chi connectivity index (χ4v) is 4.99. The number of amides is 1. The van der Waals surface area contributed by atoms with Crippen LogP contribution in [0, 0.1) is 0 Å². The minimum Gasteiger partial charge on any atom is -0.495 e. The van der Waals surface area contributed by atoms with E-state index in [9.17, 15) is 13.2 Å². The summed E-state index contributed by atoms with van der Waals surface area (Å²) >= 11 is 0. The molecule has 7 nitrogen and oxygen atoms in total. The zero-order chi connectivity index (χ0) is 21.7. The maximum atomic E-state index is 13.1. The van der Waals surface area contributed by atoms with Crippen LogP contribution in [0.3, 0.4) is 0 Å². The number of methoxy groups -OCH3 is 1. The van der Waals surface area contributed by atoms with Gasteiger partial charge in [0, 0.05) is 24.3 Å². The molecule has 0 unspecified atom stereocenters. The maximum absolute atomic E-state index is 13.1. The number of nitrogens with zero attached hydrogens (tertiary/aromatic N) is 1. The highest BCUT2D eigenvalue weighted by molar-refractivity contribution is 7.89. The Hall–Kier alpha value is -2.42. The molecule has 0 radical (unpaired) electrons. The Balaban J connectivity index is 1.93. The van der Waals surface area contributed by atoms with Crippen molar-refractivity contribution in [2.75, 3.05) is 38.7 Å². The summed E-state index contributed by atoms with van der Waals surface area (Å²) in [6.07, 6.45) is 0.942. The van der Waals surface area contributed by atoms with E-state index in [4.69, 9.17) is 9.47 Å². The Morgan fingerprint density at radius 3 is 2.57 bits per heavy atom. The van der Waals surface area contributed by atoms with E-state index in [0.29, 0.717) is 13.2 Å². The molecular weight excluding hydrogens is 404 g/mol. The Morgan fingerprint density at radius 1 is 1.20 bits per heavy atom. The molecule has 3 rings (SSSR count). The molecule has 2 aromatic carbocycles. The van der Waals surface area contributed by atoms with Gasteiger partial charge in [0.2, 0.25) is 10.0 Å². The number of rotatable bonds is 7. The van der Waals surface area contributed by atoms with E-state index in [1.165, 1.54) is 23.5 Å². The molecule has 0 bridgehead atoms. The summed E-state index contributed by atoms with van der Waals surface area (Å²) < 4.78 is 38.2. The van der Waals surface area contributed by atoms with E-state index in [1.54, 1.807) is 6.07 Å². The Morgan fingerprint density at radius 2 is 1.90 bits per heavy atom. The van der Waals surface area contributed by atoms with Crippen LogP contribution >= 0.6 is 0 Å². The van der Waals surface area contributed by atoms with E-state index >= 15 is 0 Å². The second-order valence-corrected chi connectivity index (χ2v) is 9.14. The molecule has 2 aromatic rings. The monoisotopic (exact) mass is 432 g/mol. The van der Waals surface area contributed by atoms with E-state index in [2.05, 4.69) is 19.2 Å². The Kier molecular flexibility index (Phi) is 7.12. The molecule has 1 N–H and O–H groups in total. The molecule has 1 atom stereocenters. The van der Waals surface area contributed by atoms with Crippen molar-refractivity contribution in [1.29, 1.82) is 0 Å². The average molecular weight is 433 g/mol. The predicted molar refractivity (Wildman–Crippen MR) is 116 cm³/mol. The number of anilines is 1. The number of nitrogens with one attached hydrogen (secondary N) is 1. The van der Waals surface area contributed by atoms with Crippen molar-refractivity contribution in [2.24, 2.45) is 0 Å². The first-order valence-electron chi connectivity index (χ1n) is 10.0. The van der Waals surface area contributed by atoms with Gasteiger partial charge in [-0.25, -0.2) is 8.42 Å². The number of hydrogen-bond donors (Lipinski definition) is 1. The second-order valence-electron chi connectivity index (χ2n) is 7.23. The van der Waals surface area contributed by atoms with Crippen molar-refractivity contribution in [1.82, 2.24) is 4.31 Å². The van der Waals surface area contributed by atoms with E-state index in [0.717, 1.165) is 17.7 Å². The third-order valence-corrected chi connectivity index (χ3v) is 7.29. The number of ether oxygens (including phenoxy) is 2. The summed E-state index contributed by atoms with van der Waals surface area (Å²) in [4.78, 5) is 12.9. The summed E-state index contributed by atoms with van der Waals surface area (Å²) in [5.41, 5.74) is 2.02. The van der Waals surface area contributed by atoms with Crippen molar-refractivity contribution in [3.63, 3.8) is 0 Å². The smallest absolute Gasteiger partial charge is 0.255 e. The molecule has 1 fully saturated rings. The summed E-state index contributed by atoms with van der Waals surface area (Å²) in [5.74, 6) is 0.125. The van der Waals surface area contributed by atoms with Gasteiger partial charge in [0.15, 0.2) is 0 Å². The van der Waals surface area contributed by atoms with Gasteiger partial charge in [-0.3, -0.25) is 4.79 Å². The molecule has 1 saturated heterocycles. The number of hydrogen-bond acceptors (Lipinski definition) is 5. The lowest BCUT2D eigenvalue weighted by molar-refractivity contribution is 0.0729. The zero-order valence-electron chi connectivity index (χ0n) is 17.6. The first-order valence-corrected chi connectivity index (χ1v) is 11.5. The molecule has 1 aliphatic rings. The van der Waals surface area contributed by atoms with E-state index in [-0.39, 0.29) is 41.1 Å². The quantitative estimate of drug-likeness (QED) is 0.724. The van der Waals surface area contributed by atoms with Gasteiger partial charge in [0.25, 0.3) is 5.91 Å². The minimum absolute atomic E-state index is 0.0187. The number of morpholine rings is 1. The van der Waals surface area contributed by atoms with Crippen molar-refractivity contribution in [3.8, 4) is 5.75 Å². The summed E-state index contributed by atoms with van der Waals surface area (Å²) in [6.45, 7) is 5.41. The van der Waals surface area contributed by atoms with Crippen LogP contribution in [-0.2, 0) is 14.8 Å². The molecule has 162 valence electrons. The molecule has 1 aliphatic heterocycles. The third-order valence-electron chi connectivity index (χ3n) is 5.37. The fourth-order valence-electron chi connectivity index (χ4n) is 3.40. The second kappa shape index (κ2) is 9.59. The first-order chi connectivity index (χ1) is 14.4. The van der Waals surface area contributed by atoms with E-state index < -0.39 is 10.0 Å². The highest BCUT2D eigenvalue weighted by Crippen LogP contribution is 2.30. The van der Waals surface area contributed by atoms with Crippen LogP contribution in [-0.4, -0.2) is 52.0 Å². The van der Waals surface area contributed by atoms with Gasteiger partial charge in [-0.15, -0.1) is 0 Å². The lowest BCUT2D eigenvalue weighted by Gasteiger charge is -2.26. The molecule has 1 amide bonds. The van der Waals surface area contributed by atoms with Gasteiger partial charge >= 0.3 is 0 Å². The molecular formula is C22H28N2O5S. The fraction of sp³-hybridized carbons (Fsp3) is 0.409. The number of sulfonamides is 1. The van der Waals surface area contributed by atoms with Gasteiger partial charge in [0.1, 0.15) is 10.6 Å². The SMILES string of the molecule is CC[C@H](C)c1ccccc1NC(=O)c1ccc(OC)c(S(=O)(=O)N2CCOCC2)c1. The van der Waals surface area contributed by atoms with Crippen molar-refractivity contribution >= 4 is 21.6 Å². The minimum atomic E-state index is -3.81. The summed E-state index contributed by atoms with van der Waals surface area (Å²) in [5, 5.41) is 2.93.